The molecular formula is C23H38N7O2PS2. The second-order valence-electron chi connectivity index (χ2n) is 9.07. The third-order valence-corrected chi connectivity index (χ3v) is 10.7. The van der Waals surface area contributed by atoms with Crippen LogP contribution in [0.2, 0.25) is 0 Å². The van der Waals surface area contributed by atoms with Crippen molar-refractivity contribution in [3.63, 3.8) is 0 Å². The topological polar surface area (TPSA) is 97.2 Å². The zero-order valence-electron chi connectivity index (χ0n) is 21.3. The van der Waals surface area contributed by atoms with Crippen molar-refractivity contribution in [3.05, 3.63) is 29.8 Å². The molecule has 0 atom stereocenters. The fraction of sp³-hybridized carbons (Fsp3) is 0.609. The van der Waals surface area contributed by atoms with Crippen molar-refractivity contribution in [2.24, 2.45) is 4.74 Å². The van der Waals surface area contributed by atoms with Crippen LogP contribution in [0.5, 0.6) is 0 Å². The lowest BCUT2D eigenvalue weighted by Gasteiger charge is -2.52. The molecule has 2 aliphatic rings. The number of nitrogens with one attached hydrogen (secondary N) is 3. The number of nitrogens with zero attached hydrogens (tertiary/aromatic N) is 4. The number of hydrogen-bond donors (Lipinski definition) is 3. The van der Waals surface area contributed by atoms with E-state index in [0.717, 1.165) is 31.9 Å². The van der Waals surface area contributed by atoms with Gasteiger partial charge in [0.2, 0.25) is 5.11 Å². The number of ether oxygens (including phenoxy) is 2. The molecule has 2 saturated heterocycles. The van der Waals surface area contributed by atoms with Crippen molar-refractivity contribution in [2.75, 3.05) is 57.9 Å². The molecule has 3 N–H and O–H groups in total. The molecule has 0 unspecified atom stereocenters. The fourth-order valence-electron chi connectivity index (χ4n) is 4.03. The lowest BCUT2D eigenvalue weighted by molar-refractivity contribution is 0.0551. The second kappa shape index (κ2) is 14.2. The molecule has 0 aromatic heterocycles. The predicted octanol–water partition coefficient (Wildman–Crippen LogP) is 4.09. The molecule has 2 heterocycles. The maximum Gasteiger partial charge on any atom is 0.212 e. The number of thiocarbonyl (C=S) groups is 2. The smallest absolute Gasteiger partial charge is 0.212 e. The fourth-order valence-corrected chi connectivity index (χ4v) is 8.94. The second-order valence-corrected chi connectivity index (χ2v) is 13.7. The Labute approximate surface area is 220 Å². The summed E-state index contributed by atoms with van der Waals surface area (Å²) in [6.45, 7) is 16.5. The number of morpholine rings is 2. The summed E-state index contributed by atoms with van der Waals surface area (Å²) < 4.78 is 21.5. The lowest BCUT2D eigenvalue weighted by Crippen LogP contribution is -2.49. The Balaban J connectivity index is 0.00000137. The van der Waals surface area contributed by atoms with E-state index in [1.54, 1.807) is 6.07 Å². The Kier molecular flexibility index (Phi) is 12.0. The molecule has 12 heteroatoms. The van der Waals surface area contributed by atoms with E-state index in [-0.39, 0.29) is 5.16 Å². The average molecular weight is 540 g/mol. The van der Waals surface area contributed by atoms with Crippen LogP contribution in [-0.2, 0) is 9.47 Å². The monoisotopic (exact) mass is 539 g/mol. The van der Waals surface area contributed by atoms with Crippen molar-refractivity contribution in [2.45, 2.75) is 39.8 Å². The molecule has 1 aromatic carbocycles. The van der Waals surface area contributed by atoms with Crippen molar-refractivity contribution in [1.29, 1.82) is 5.26 Å². The van der Waals surface area contributed by atoms with E-state index >= 15 is 0 Å². The molecular weight excluding hydrogens is 501 g/mol. The molecule has 0 spiro atoms. The van der Waals surface area contributed by atoms with Crippen LogP contribution in [0.4, 0.5) is 5.69 Å². The van der Waals surface area contributed by atoms with Crippen LogP contribution in [0, 0.1) is 18.3 Å². The Bertz CT molecular complexity index is 911. The summed E-state index contributed by atoms with van der Waals surface area (Å²) in [5.74, 6) is 0. The molecule has 0 saturated carbocycles. The van der Waals surface area contributed by atoms with Crippen LogP contribution in [0.3, 0.4) is 0 Å². The number of benzene rings is 1. The molecule has 35 heavy (non-hydrogen) atoms. The van der Waals surface area contributed by atoms with E-state index in [2.05, 4.69) is 53.2 Å². The van der Waals surface area contributed by atoms with Crippen molar-refractivity contribution >= 4 is 47.7 Å². The molecule has 1 aromatic rings. The van der Waals surface area contributed by atoms with Gasteiger partial charge in [0.1, 0.15) is 7.36 Å². The van der Waals surface area contributed by atoms with Gasteiger partial charge >= 0.3 is 0 Å². The Morgan fingerprint density at radius 3 is 1.86 bits per heavy atom. The minimum atomic E-state index is -2.19. The van der Waals surface area contributed by atoms with E-state index in [0.29, 0.717) is 36.7 Å². The van der Waals surface area contributed by atoms with Gasteiger partial charge < -0.3 is 14.8 Å². The van der Waals surface area contributed by atoms with Crippen LogP contribution in [0.25, 0.3) is 0 Å². The number of rotatable bonds is 3. The summed E-state index contributed by atoms with van der Waals surface area (Å²) in [4.78, 5) is 0. The molecule has 2 fully saturated rings. The molecule has 194 valence electrons. The summed E-state index contributed by atoms with van der Waals surface area (Å²) >= 11 is 11.1. The first-order chi connectivity index (χ1) is 16.6. The maximum atomic E-state index is 7.32. The minimum Gasteiger partial charge on any atom is -0.379 e. The first-order valence-electron chi connectivity index (χ1n) is 11.7. The highest BCUT2D eigenvalue weighted by Crippen LogP contribution is 2.66. The van der Waals surface area contributed by atoms with Crippen molar-refractivity contribution < 1.29 is 9.47 Å². The van der Waals surface area contributed by atoms with E-state index in [1.165, 1.54) is 12.5 Å². The lowest BCUT2D eigenvalue weighted by atomic mass is 10.2. The summed E-state index contributed by atoms with van der Waals surface area (Å²) in [6.07, 6.45) is 0. The molecule has 0 bridgehead atoms. The van der Waals surface area contributed by atoms with Crippen LogP contribution < -0.4 is 16.2 Å². The van der Waals surface area contributed by atoms with Gasteiger partial charge in [-0.25, -0.2) is 4.74 Å². The van der Waals surface area contributed by atoms with E-state index < -0.39 is 7.36 Å². The molecule has 2 aliphatic heterocycles. The SMILES string of the molecule is CC#N.Cc1ccc(NC(=S)NNC(=S)N=P(N2CCOCC2)(N2CCOCC2)C(C)(C)C)cc1. The number of hydrogen-bond acceptors (Lipinski definition) is 5. The number of aryl methyl sites for hydroxylation is 1. The molecule has 0 radical (unpaired) electrons. The highest BCUT2D eigenvalue weighted by atomic mass is 32.1. The highest BCUT2D eigenvalue weighted by Gasteiger charge is 2.45. The average Bonchev–Trinajstić information content (AvgIpc) is 2.83. The Hall–Kier alpha value is -1.64. The zero-order chi connectivity index (χ0) is 25.9. The van der Waals surface area contributed by atoms with Crippen LogP contribution in [0.15, 0.2) is 29.0 Å². The van der Waals surface area contributed by atoms with Gasteiger partial charge in [-0.3, -0.25) is 20.2 Å². The molecule has 9 nitrogen and oxygen atoms in total. The van der Waals surface area contributed by atoms with Crippen molar-refractivity contribution in [1.82, 2.24) is 20.2 Å². The van der Waals surface area contributed by atoms with Gasteiger partial charge in [-0.05, 0) is 43.5 Å². The number of hydrazine groups is 1. The third kappa shape index (κ3) is 8.46. The quantitative estimate of drug-likeness (QED) is 0.296. The van der Waals surface area contributed by atoms with E-state index in [1.807, 2.05) is 24.3 Å². The van der Waals surface area contributed by atoms with Crippen LogP contribution in [0.1, 0.15) is 33.3 Å². The van der Waals surface area contributed by atoms with Gasteiger partial charge in [-0.1, -0.05) is 38.5 Å². The summed E-state index contributed by atoms with van der Waals surface area (Å²) in [5, 5.41) is 11.2. The number of anilines is 1. The maximum absolute atomic E-state index is 7.32. The van der Waals surface area contributed by atoms with E-state index in [4.69, 9.17) is 43.9 Å². The van der Waals surface area contributed by atoms with Gasteiger partial charge in [0.15, 0.2) is 5.11 Å². The predicted molar refractivity (Wildman–Crippen MR) is 151 cm³/mol. The van der Waals surface area contributed by atoms with Gasteiger partial charge in [0.05, 0.1) is 32.5 Å². The number of nitriles is 1. The minimum absolute atomic E-state index is 0.103. The Morgan fingerprint density at radius 1 is 0.971 bits per heavy atom. The zero-order valence-corrected chi connectivity index (χ0v) is 23.9. The van der Waals surface area contributed by atoms with Crippen LogP contribution in [-0.4, -0.2) is 77.3 Å². The van der Waals surface area contributed by atoms with E-state index in [9.17, 15) is 0 Å². The highest BCUT2D eigenvalue weighted by molar-refractivity contribution is 7.81. The summed E-state index contributed by atoms with van der Waals surface area (Å²) in [5.41, 5.74) is 8.14. The Morgan fingerprint density at radius 2 is 1.43 bits per heavy atom. The van der Waals surface area contributed by atoms with Gasteiger partial charge in [0, 0.05) is 43.9 Å². The third-order valence-electron chi connectivity index (χ3n) is 5.49. The first kappa shape index (κ1) is 29.6. The molecule has 0 aliphatic carbocycles. The first-order valence-corrected chi connectivity index (χ1v) is 14.1. The van der Waals surface area contributed by atoms with Gasteiger partial charge in [0.25, 0.3) is 0 Å². The van der Waals surface area contributed by atoms with Gasteiger partial charge in [-0.2, -0.15) is 5.26 Å². The van der Waals surface area contributed by atoms with Crippen LogP contribution >= 0.6 is 31.8 Å². The normalized spacial score (nSPS) is 17.3. The molecule has 3 rings (SSSR count). The standard InChI is InChI=1S/C21H35N6O2PS2.C2H3N/c1-17-5-7-18(8-6-17)22-19(31)23-24-20(32)25-30(21(2,3)4,26-9-13-28-14-10-26)27-11-15-29-16-12-27;1-2-3/h5-8H,9-16H2,1-4H3,(H,24,32)(H2,22,23,31);1H3. The molecule has 0 amide bonds. The van der Waals surface area contributed by atoms with Crippen molar-refractivity contribution in [3.8, 4) is 6.07 Å². The largest absolute Gasteiger partial charge is 0.379 e. The summed E-state index contributed by atoms with van der Waals surface area (Å²) in [6, 6.07) is 9.79. The summed E-state index contributed by atoms with van der Waals surface area (Å²) in [7, 11) is -2.19. The van der Waals surface area contributed by atoms with Gasteiger partial charge in [-0.15, -0.1) is 0 Å².